The first kappa shape index (κ1) is 14.3. The van der Waals surface area contributed by atoms with Gasteiger partial charge in [-0.05, 0) is 38.1 Å². The first-order valence-electron chi connectivity index (χ1n) is 7.89. The third-order valence-electron chi connectivity index (χ3n) is 4.86. The van der Waals surface area contributed by atoms with Crippen molar-refractivity contribution in [2.45, 2.75) is 77.8 Å². The molecule has 1 unspecified atom stereocenters. The van der Waals surface area contributed by atoms with E-state index in [1.54, 1.807) is 0 Å². The second kappa shape index (κ2) is 5.50. The number of nitrogens with zero attached hydrogens (tertiary/aromatic N) is 1. The lowest BCUT2D eigenvalue weighted by Crippen LogP contribution is -2.64. The molecule has 18 heavy (non-hydrogen) atoms. The Bertz CT molecular complexity index is 261. The van der Waals surface area contributed by atoms with Gasteiger partial charge in [0.1, 0.15) is 0 Å². The van der Waals surface area contributed by atoms with Crippen molar-refractivity contribution in [1.82, 2.24) is 10.2 Å². The molecule has 2 aliphatic rings. The molecule has 2 fully saturated rings. The van der Waals surface area contributed by atoms with E-state index in [9.17, 15) is 0 Å². The van der Waals surface area contributed by atoms with Gasteiger partial charge in [-0.25, -0.2) is 0 Å². The fourth-order valence-electron chi connectivity index (χ4n) is 3.44. The Morgan fingerprint density at radius 3 is 2.44 bits per heavy atom. The summed E-state index contributed by atoms with van der Waals surface area (Å²) in [5.41, 5.74) is 0.924. The summed E-state index contributed by atoms with van der Waals surface area (Å²) >= 11 is 0. The van der Waals surface area contributed by atoms with Crippen LogP contribution in [0.4, 0.5) is 0 Å². The number of piperazine rings is 1. The SMILES string of the molecule is CC1CNC2(CCCCC2)CN1CCC(C)(C)C. The quantitative estimate of drug-likeness (QED) is 0.810. The van der Waals surface area contributed by atoms with E-state index in [1.807, 2.05) is 0 Å². The van der Waals surface area contributed by atoms with Gasteiger partial charge in [0.25, 0.3) is 0 Å². The van der Waals surface area contributed by atoms with Crippen LogP contribution in [0.2, 0.25) is 0 Å². The smallest absolute Gasteiger partial charge is 0.0309 e. The molecule has 0 bridgehead atoms. The van der Waals surface area contributed by atoms with E-state index in [0.29, 0.717) is 17.0 Å². The molecule has 1 atom stereocenters. The van der Waals surface area contributed by atoms with E-state index in [4.69, 9.17) is 0 Å². The highest BCUT2D eigenvalue weighted by molar-refractivity contribution is 4.98. The van der Waals surface area contributed by atoms with Gasteiger partial charge >= 0.3 is 0 Å². The van der Waals surface area contributed by atoms with Gasteiger partial charge in [0.05, 0.1) is 0 Å². The highest BCUT2D eigenvalue weighted by Crippen LogP contribution is 2.32. The second-order valence-electron chi connectivity index (χ2n) is 7.85. The van der Waals surface area contributed by atoms with Crippen molar-refractivity contribution in [3.63, 3.8) is 0 Å². The summed E-state index contributed by atoms with van der Waals surface area (Å²) in [6, 6.07) is 0.708. The van der Waals surface area contributed by atoms with E-state index in [2.05, 4.69) is 37.9 Å². The summed E-state index contributed by atoms with van der Waals surface area (Å²) in [7, 11) is 0. The molecule has 1 aliphatic heterocycles. The predicted molar refractivity (Wildman–Crippen MR) is 78.9 cm³/mol. The molecule has 2 rings (SSSR count). The maximum Gasteiger partial charge on any atom is 0.0309 e. The normalized spacial score (nSPS) is 29.7. The molecule has 106 valence electrons. The summed E-state index contributed by atoms with van der Waals surface area (Å²) in [6.45, 7) is 13.2. The Labute approximate surface area is 114 Å². The summed E-state index contributed by atoms with van der Waals surface area (Å²) in [5.74, 6) is 0. The molecule has 0 amide bonds. The molecule has 1 spiro atoms. The molecular formula is C16H32N2. The van der Waals surface area contributed by atoms with Gasteiger partial charge in [-0.2, -0.15) is 0 Å². The predicted octanol–water partition coefficient (Wildman–Crippen LogP) is 3.42. The Kier molecular flexibility index (Phi) is 4.38. The number of hydrogen-bond donors (Lipinski definition) is 1. The van der Waals surface area contributed by atoms with Crippen molar-refractivity contribution < 1.29 is 0 Å². The lowest BCUT2D eigenvalue weighted by Gasteiger charge is -2.49. The van der Waals surface area contributed by atoms with Crippen molar-refractivity contribution in [3.05, 3.63) is 0 Å². The lowest BCUT2D eigenvalue weighted by atomic mass is 9.79. The van der Waals surface area contributed by atoms with E-state index >= 15 is 0 Å². The van der Waals surface area contributed by atoms with Crippen LogP contribution in [-0.2, 0) is 0 Å². The van der Waals surface area contributed by atoms with Gasteiger partial charge in [-0.3, -0.25) is 4.90 Å². The third-order valence-corrected chi connectivity index (χ3v) is 4.86. The first-order chi connectivity index (χ1) is 8.40. The molecular weight excluding hydrogens is 220 g/mol. The van der Waals surface area contributed by atoms with Crippen LogP contribution in [0.1, 0.15) is 66.2 Å². The Balaban J connectivity index is 1.92. The minimum Gasteiger partial charge on any atom is -0.308 e. The van der Waals surface area contributed by atoms with Gasteiger partial charge in [0.15, 0.2) is 0 Å². The van der Waals surface area contributed by atoms with Crippen LogP contribution in [0.3, 0.4) is 0 Å². The number of hydrogen-bond acceptors (Lipinski definition) is 2. The lowest BCUT2D eigenvalue weighted by molar-refractivity contribution is 0.0552. The van der Waals surface area contributed by atoms with Crippen molar-refractivity contribution in [1.29, 1.82) is 0 Å². The van der Waals surface area contributed by atoms with Gasteiger partial charge in [-0.1, -0.05) is 40.0 Å². The third kappa shape index (κ3) is 3.71. The molecule has 1 N–H and O–H groups in total. The van der Waals surface area contributed by atoms with Crippen molar-refractivity contribution in [3.8, 4) is 0 Å². The fourth-order valence-corrected chi connectivity index (χ4v) is 3.44. The van der Waals surface area contributed by atoms with E-state index in [-0.39, 0.29) is 0 Å². The zero-order chi connectivity index (χ0) is 13.2. The van der Waals surface area contributed by atoms with Crippen LogP contribution < -0.4 is 5.32 Å². The summed E-state index contributed by atoms with van der Waals surface area (Å²) < 4.78 is 0. The molecule has 2 heteroatoms. The minimum atomic E-state index is 0.461. The molecule has 0 radical (unpaired) electrons. The standard InChI is InChI=1S/C16H32N2/c1-14-12-17-16(8-6-5-7-9-16)13-18(14)11-10-15(2,3)4/h14,17H,5-13H2,1-4H3. The highest BCUT2D eigenvalue weighted by Gasteiger charge is 2.38. The largest absolute Gasteiger partial charge is 0.308 e. The van der Waals surface area contributed by atoms with Crippen LogP contribution in [0.15, 0.2) is 0 Å². The van der Waals surface area contributed by atoms with Crippen molar-refractivity contribution in [2.24, 2.45) is 5.41 Å². The monoisotopic (exact) mass is 252 g/mol. The average Bonchev–Trinajstić information content (AvgIpc) is 2.31. The fraction of sp³-hybridized carbons (Fsp3) is 1.00. The topological polar surface area (TPSA) is 15.3 Å². The zero-order valence-corrected chi connectivity index (χ0v) is 12.9. The Morgan fingerprint density at radius 2 is 1.83 bits per heavy atom. The second-order valence-corrected chi connectivity index (χ2v) is 7.85. The molecule has 0 aromatic carbocycles. The zero-order valence-electron chi connectivity index (χ0n) is 12.9. The molecule has 1 saturated carbocycles. The maximum atomic E-state index is 3.87. The molecule has 1 heterocycles. The van der Waals surface area contributed by atoms with Crippen LogP contribution in [0, 0.1) is 5.41 Å². The van der Waals surface area contributed by atoms with Gasteiger partial charge in [0.2, 0.25) is 0 Å². The van der Waals surface area contributed by atoms with Crippen LogP contribution >= 0.6 is 0 Å². The van der Waals surface area contributed by atoms with Crippen molar-refractivity contribution >= 4 is 0 Å². The van der Waals surface area contributed by atoms with E-state index < -0.39 is 0 Å². The first-order valence-corrected chi connectivity index (χ1v) is 7.89. The van der Waals surface area contributed by atoms with Crippen molar-refractivity contribution in [2.75, 3.05) is 19.6 Å². The van der Waals surface area contributed by atoms with Crippen LogP contribution in [0.25, 0.3) is 0 Å². The summed E-state index contributed by atoms with van der Waals surface area (Å²) in [5, 5.41) is 3.87. The molecule has 1 saturated heterocycles. The van der Waals surface area contributed by atoms with Gasteiger partial charge in [0, 0.05) is 24.7 Å². The molecule has 1 aliphatic carbocycles. The van der Waals surface area contributed by atoms with E-state index in [1.165, 1.54) is 58.2 Å². The number of nitrogens with one attached hydrogen (secondary N) is 1. The molecule has 2 nitrogen and oxygen atoms in total. The highest BCUT2D eigenvalue weighted by atomic mass is 15.2. The Hall–Kier alpha value is -0.0800. The Morgan fingerprint density at radius 1 is 1.17 bits per heavy atom. The minimum absolute atomic E-state index is 0.461. The molecule has 0 aromatic rings. The van der Waals surface area contributed by atoms with E-state index in [0.717, 1.165) is 0 Å². The van der Waals surface area contributed by atoms with Gasteiger partial charge < -0.3 is 5.32 Å². The van der Waals surface area contributed by atoms with Crippen LogP contribution in [-0.4, -0.2) is 36.1 Å². The summed E-state index contributed by atoms with van der Waals surface area (Å²) in [4.78, 5) is 2.74. The van der Waals surface area contributed by atoms with Crippen LogP contribution in [0.5, 0.6) is 0 Å². The number of rotatable bonds is 2. The van der Waals surface area contributed by atoms with Gasteiger partial charge in [-0.15, -0.1) is 0 Å². The molecule has 0 aromatic heterocycles. The maximum absolute atomic E-state index is 3.87. The average molecular weight is 252 g/mol. The summed E-state index contributed by atoms with van der Waals surface area (Å²) in [6.07, 6.45) is 8.40.